The van der Waals surface area contributed by atoms with Crippen molar-refractivity contribution in [2.45, 2.75) is 9.92 Å². The summed E-state index contributed by atoms with van der Waals surface area (Å²) in [5, 5.41) is 4.45. The molecule has 0 atom stereocenters. The third kappa shape index (κ3) is 4.00. The fraction of sp³-hybridized carbons (Fsp3) is 0.0500. The summed E-state index contributed by atoms with van der Waals surface area (Å²) >= 11 is 7.91. The largest absolute Gasteiger partial charge is 0.497 e. The predicted molar refractivity (Wildman–Crippen MR) is 115 cm³/mol. The molecule has 1 aliphatic heterocycles. The fourth-order valence-electron chi connectivity index (χ4n) is 2.62. The molecule has 27 heavy (non-hydrogen) atoms. The first-order chi connectivity index (χ1) is 13.1. The second kappa shape index (κ2) is 7.72. The molecule has 1 aliphatic rings. The minimum absolute atomic E-state index is 0.171. The molecule has 2 heterocycles. The highest BCUT2D eigenvalue weighted by atomic mass is 32.2. The lowest BCUT2D eigenvalue weighted by Crippen LogP contribution is -2.17. The van der Waals surface area contributed by atoms with E-state index in [4.69, 9.17) is 21.9 Å². The van der Waals surface area contributed by atoms with Gasteiger partial charge in [0.15, 0.2) is 0 Å². The molecule has 3 aromatic rings. The molecule has 0 radical (unpaired) electrons. The lowest BCUT2D eigenvalue weighted by molar-refractivity contribution is -0.115. The van der Waals surface area contributed by atoms with Crippen LogP contribution in [-0.4, -0.2) is 22.3 Å². The normalized spacial score (nSPS) is 15.4. The molecule has 1 amide bonds. The van der Waals surface area contributed by atoms with Gasteiger partial charge in [-0.1, -0.05) is 53.9 Å². The van der Waals surface area contributed by atoms with Crippen LogP contribution in [0, 0.1) is 0 Å². The van der Waals surface area contributed by atoms with Crippen molar-refractivity contribution >= 4 is 62.9 Å². The van der Waals surface area contributed by atoms with Crippen LogP contribution in [0.4, 0.5) is 0 Å². The Hall–Kier alpha value is -2.35. The second-order valence-corrected chi connectivity index (χ2v) is 8.49. The van der Waals surface area contributed by atoms with Gasteiger partial charge in [0.2, 0.25) is 0 Å². The van der Waals surface area contributed by atoms with Crippen LogP contribution >= 0.6 is 35.7 Å². The maximum atomic E-state index is 12.1. The Morgan fingerprint density at radius 3 is 2.70 bits per heavy atom. The van der Waals surface area contributed by atoms with E-state index in [2.05, 4.69) is 5.32 Å². The third-order valence-corrected chi connectivity index (χ3v) is 6.09. The fourth-order valence-corrected chi connectivity index (χ4v) is 4.55. The molecule has 134 valence electrons. The number of aromatic nitrogens is 1. The Morgan fingerprint density at radius 1 is 1.19 bits per heavy atom. The first kappa shape index (κ1) is 18.0. The zero-order valence-corrected chi connectivity index (χ0v) is 16.7. The molecular formula is C20H14N2O2S3. The highest BCUT2D eigenvalue weighted by Gasteiger charge is 2.23. The Labute approximate surface area is 170 Å². The van der Waals surface area contributed by atoms with E-state index in [1.165, 1.54) is 11.8 Å². The van der Waals surface area contributed by atoms with Crippen molar-refractivity contribution < 1.29 is 9.53 Å². The van der Waals surface area contributed by atoms with E-state index in [1.54, 1.807) is 18.9 Å². The number of hydrogen-bond donors (Lipinski definition) is 1. The Morgan fingerprint density at radius 2 is 2.00 bits per heavy atom. The molecule has 0 spiro atoms. The molecule has 0 bridgehead atoms. The van der Waals surface area contributed by atoms with Gasteiger partial charge < -0.3 is 10.1 Å². The number of pyridine rings is 1. The van der Waals surface area contributed by atoms with E-state index in [-0.39, 0.29) is 5.91 Å². The molecule has 4 nitrogen and oxygen atoms in total. The Balaban J connectivity index is 1.84. The van der Waals surface area contributed by atoms with Crippen LogP contribution in [0.25, 0.3) is 17.0 Å². The van der Waals surface area contributed by atoms with Crippen molar-refractivity contribution in [2.24, 2.45) is 0 Å². The quantitative estimate of drug-likeness (QED) is 0.489. The van der Waals surface area contributed by atoms with Crippen LogP contribution in [0.15, 0.2) is 69.4 Å². The molecular weight excluding hydrogens is 396 g/mol. The number of rotatable bonds is 4. The lowest BCUT2D eigenvalue weighted by atomic mass is 10.1. The van der Waals surface area contributed by atoms with Gasteiger partial charge in [-0.15, -0.1) is 0 Å². The van der Waals surface area contributed by atoms with E-state index in [9.17, 15) is 4.79 Å². The van der Waals surface area contributed by atoms with E-state index in [1.807, 2.05) is 60.7 Å². The molecule has 1 N–H and O–H groups in total. The summed E-state index contributed by atoms with van der Waals surface area (Å²) in [4.78, 5) is 18.6. The number of fused-ring (bicyclic) bond motifs is 1. The van der Waals surface area contributed by atoms with Gasteiger partial charge in [-0.2, -0.15) is 0 Å². The number of ether oxygens (including phenoxy) is 1. The molecule has 4 rings (SSSR count). The minimum Gasteiger partial charge on any atom is -0.497 e. The molecule has 2 aromatic carbocycles. The number of carbonyl (C=O) groups is 1. The van der Waals surface area contributed by atoms with Gasteiger partial charge in [-0.3, -0.25) is 4.79 Å². The molecule has 0 unspecified atom stereocenters. The van der Waals surface area contributed by atoms with E-state index < -0.39 is 0 Å². The van der Waals surface area contributed by atoms with Gasteiger partial charge in [-0.05, 0) is 36.4 Å². The zero-order valence-electron chi connectivity index (χ0n) is 14.3. The minimum atomic E-state index is -0.171. The second-order valence-electron chi connectivity index (χ2n) is 5.71. The summed E-state index contributed by atoms with van der Waals surface area (Å²) < 4.78 is 5.79. The summed E-state index contributed by atoms with van der Waals surface area (Å²) in [5.41, 5.74) is 1.72. The number of amides is 1. The topological polar surface area (TPSA) is 51.2 Å². The van der Waals surface area contributed by atoms with Crippen LogP contribution in [0.3, 0.4) is 0 Å². The first-order valence-electron chi connectivity index (χ1n) is 8.09. The van der Waals surface area contributed by atoms with Gasteiger partial charge in [0.05, 0.1) is 17.5 Å². The number of nitrogens with one attached hydrogen (secondary N) is 1. The van der Waals surface area contributed by atoms with E-state index >= 15 is 0 Å². The molecule has 0 aliphatic carbocycles. The summed E-state index contributed by atoms with van der Waals surface area (Å²) in [7, 11) is 1.64. The van der Waals surface area contributed by atoms with Crippen molar-refractivity contribution in [3.63, 3.8) is 0 Å². The molecule has 7 heteroatoms. The van der Waals surface area contributed by atoms with Crippen LogP contribution < -0.4 is 10.1 Å². The van der Waals surface area contributed by atoms with Crippen molar-refractivity contribution in [1.29, 1.82) is 0 Å². The summed E-state index contributed by atoms with van der Waals surface area (Å²) in [6.07, 6.45) is 1.85. The smallest absolute Gasteiger partial charge is 0.263 e. The zero-order chi connectivity index (χ0) is 18.8. The first-order valence-corrected chi connectivity index (χ1v) is 10.1. The number of thiocarbonyl (C=S) groups is 1. The monoisotopic (exact) mass is 410 g/mol. The molecule has 1 saturated heterocycles. The number of thioether (sulfide) groups is 1. The van der Waals surface area contributed by atoms with Crippen molar-refractivity contribution in [2.75, 3.05) is 7.11 Å². The number of hydrogen-bond acceptors (Lipinski definition) is 6. The summed E-state index contributed by atoms with van der Waals surface area (Å²) in [6.45, 7) is 0. The van der Waals surface area contributed by atoms with Crippen molar-refractivity contribution in [3.8, 4) is 5.75 Å². The van der Waals surface area contributed by atoms with Crippen LogP contribution in [0.5, 0.6) is 5.75 Å². The standard InChI is InChI=1S/C20H14N2O2S3/c1-24-14-8-7-12-9-13(10-17-18(23)22-20(25)27-17)19(21-16(12)11-14)26-15-5-3-2-4-6-15/h2-11H,1H3,(H,22,23,25)/b17-10-. The molecule has 1 aromatic heterocycles. The number of benzene rings is 2. The maximum absolute atomic E-state index is 12.1. The van der Waals surface area contributed by atoms with Crippen LogP contribution in [-0.2, 0) is 4.79 Å². The third-order valence-electron chi connectivity index (χ3n) is 3.90. The number of carbonyl (C=O) groups excluding carboxylic acids is 1. The molecule has 1 fully saturated rings. The average Bonchev–Trinajstić information content (AvgIpc) is 2.99. The van der Waals surface area contributed by atoms with Crippen LogP contribution in [0.1, 0.15) is 5.56 Å². The van der Waals surface area contributed by atoms with Crippen molar-refractivity contribution in [3.05, 3.63) is 65.1 Å². The SMILES string of the molecule is COc1ccc2cc(/C=C3\SC(=S)NC3=O)c(Sc3ccccc3)nc2c1. The highest BCUT2D eigenvalue weighted by Crippen LogP contribution is 2.35. The van der Waals surface area contributed by atoms with Gasteiger partial charge in [0.25, 0.3) is 5.91 Å². The van der Waals surface area contributed by atoms with E-state index in [0.29, 0.717) is 9.23 Å². The van der Waals surface area contributed by atoms with E-state index in [0.717, 1.165) is 32.1 Å². The van der Waals surface area contributed by atoms with Crippen LogP contribution in [0.2, 0.25) is 0 Å². The average molecular weight is 411 g/mol. The summed E-state index contributed by atoms with van der Waals surface area (Å²) in [6, 6.07) is 17.8. The predicted octanol–water partition coefficient (Wildman–Crippen LogP) is 4.88. The lowest BCUT2D eigenvalue weighted by Gasteiger charge is -2.09. The van der Waals surface area contributed by atoms with Gasteiger partial charge in [-0.25, -0.2) is 4.98 Å². The maximum Gasteiger partial charge on any atom is 0.263 e. The highest BCUT2D eigenvalue weighted by molar-refractivity contribution is 8.26. The summed E-state index contributed by atoms with van der Waals surface area (Å²) in [5.74, 6) is 0.586. The molecule has 0 saturated carbocycles. The van der Waals surface area contributed by atoms with Gasteiger partial charge in [0, 0.05) is 21.9 Å². The Kier molecular flexibility index (Phi) is 5.15. The van der Waals surface area contributed by atoms with Gasteiger partial charge >= 0.3 is 0 Å². The number of methoxy groups -OCH3 is 1. The van der Waals surface area contributed by atoms with Gasteiger partial charge in [0.1, 0.15) is 15.1 Å². The Bertz CT molecular complexity index is 1080. The van der Waals surface area contributed by atoms with Crippen molar-refractivity contribution in [1.82, 2.24) is 10.3 Å². The number of nitrogens with zero attached hydrogens (tertiary/aromatic N) is 1.